The Morgan fingerprint density at radius 2 is 1.79 bits per heavy atom. The van der Waals surface area contributed by atoms with Gasteiger partial charge in [0.15, 0.2) is 0 Å². The normalized spacial score (nSPS) is 13.9. The van der Waals surface area contributed by atoms with E-state index < -0.39 is 0 Å². The van der Waals surface area contributed by atoms with Crippen LogP contribution in [0.15, 0.2) is 18.2 Å². The van der Waals surface area contributed by atoms with E-state index in [9.17, 15) is 0 Å². The number of hydrogen-bond donors (Lipinski definition) is 2. The van der Waals surface area contributed by atoms with E-state index in [1.165, 1.54) is 16.7 Å². The summed E-state index contributed by atoms with van der Waals surface area (Å²) in [6.07, 6.45) is 2.11. The molecule has 1 rings (SSSR count). The van der Waals surface area contributed by atoms with Gasteiger partial charge in [-0.2, -0.15) is 0 Å². The monoisotopic (exact) mass is 263 g/mol. The summed E-state index contributed by atoms with van der Waals surface area (Å²) >= 11 is 0. The largest absolute Gasteiger partial charge is 0.302 e. The predicted octanol–water partition coefficient (Wildman–Crippen LogP) is 2.93. The van der Waals surface area contributed by atoms with E-state index in [4.69, 9.17) is 5.84 Å². The number of benzene rings is 1. The van der Waals surface area contributed by atoms with Crippen LogP contribution in [0.1, 0.15) is 49.4 Å². The third-order valence-electron chi connectivity index (χ3n) is 4.56. The van der Waals surface area contributed by atoms with Gasteiger partial charge in [-0.25, -0.2) is 0 Å². The number of nitrogens with zero attached hydrogens (tertiary/aromatic N) is 1. The summed E-state index contributed by atoms with van der Waals surface area (Å²) < 4.78 is 0. The van der Waals surface area contributed by atoms with E-state index in [1.807, 2.05) is 0 Å². The van der Waals surface area contributed by atoms with Gasteiger partial charge in [-0.15, -0.1) is 0 Å². The Kier molecular flexibility index (Phi) is 5.53. The molecule has 0 bridgehead atoms. The molecule has 19 heavy (non-hydrogen) atoms. The minimum atomic E-state index is 0.0350. The molecule has 0 spiro atoms. The van der Waals surface area contributed by atoms with Crippen LogP contribution >= 0.6 is 0 Å². The molecule has 0 aliphatic heterocycles. The number of hydrogen-bond acceptors (Lipinski definition) is 3. The highest BCUT2D eigenvalue weighted by Crippen LogP contribution is 2.37. The Labute approximate surface area is 118 Å². The summed E-state index contributed by atoms with van der Waals surface area (Å²) in [5.41, 5.74) is 6.98. The van der Waals surface area contributed by atoms with Crippen LogP contribution in [0.4, 0.5) is 0 Å². The van der Waals surface area contributed by atoms with Crippen molar-refractivity contribution in [3.8, 4) is 0 Å². The lowest BCUT2D eigenvalue weighted by molar-refractivity contribution is 0.0879. The first-order valence-electron chi connectivity index (χ1n) is 7.13. The quantitative estimate of drug-likeness (QED) is 0.612. The molecule has 0 saturated carbocycles. The minimum Gasteiger partial charge on any atom is -0.302 e. The summed E-state index contributed by atoms with van der Waals surface area (Å²) in [5.74, 6) is 5.92. The highest BCUT2D eigenvalue weighted by atomic mass is 15.3. The zero-order chi connectivity index (χ0) is 14.6. The second kappa shape index (κ2) is 6.51. The van der Waals surface area contributed by atoms with Gasteiger partial charge in [0, 0.05) is 5.54 Å². The lowest BCUT2D eigenvalue weighted by Gasteiger charge is -2.45. The topological polar surface area (TPSA) is 41.3 Å². The molecule has 1 atom stereocenters. The molecule has 1 aromatic carbocycles. The van der Waals surface area contributed by atoms with Crippen molar-refractivity contribution in [3.05, 3.63) is 34.9 Å². The molecular weight excluding hydrogens is 234 g/mol. The van der Waals surface area contributed by atoms with Gasteiger partial charge in [-0.1, -0.05) is 37.6 Å². The first-order valence-corrected chi connectivity index (χ1v) is 7.13. The second-order valence-electron chi connectivity index (χ2n) is 5.66. The van der Waals surface area contributed by atoms with Crippen molar-refractivity contribution in [3.63, 3.8) is 0 Å². The summed E-state index contributed by atoms with van der Waals surface area (Å²) in [4.78, 5) is 2.30. The Balaban J connectivity index is 3.35. The molecule has 3 heteroatoms. The van der Waals surface area contributed by atoms with Crippen LogP contribution in [0.5, 0.6) is 0 Å². The van der Waals surface area contributed by atoms with Crippen LogP contribution in [-0.4, -0.2) is 24.5 Å². The molecule has 0 aliphatic carbocycles. The zero-order valence-corrected chi connectivity index (χ0v) is 13.2. The molecule has 0 amide bonds. The predicted molar refractivity (Wildman–Crippen MR) is 83.0 cm³/mol. The Morgan fingerprint density at radius 1 is 1.21 bits per heavy atom. The second-order valence-corrected chi connectivity index (χ2v) is 5.66. The van der Waals surface area contributed by atoms with Gasteiger partial charge in [0.25, 0.3) is 0 Å². The summed E-state index contributed by atoms with van der Waals surface area (Å²) in [7, 11) is 4.28. The number of hydrazine groups is 1. The van der Waals surface area contributed by atoms with Crippen LogP contribution in [0.2, 0.25) is 0 Å². The van der Waals surface area contributed by atoms with Crippen molar-refractivity contribution in [2.24, 2.45) is 5.84 Å². The van der Waals surface area contributed by atoms with Gasteiger partial charge in [-0.05, 0) is 51.9 Å². The molecule has 0 fully saturated rings. The SMILES string of the molecule is CCC(CC)(C(NN)c1cc(C)ccc1C)N(C)C. The van der Waals surface area contributed by atoms with Crippen molar-refractivity contribution < 1.29 is 0 Å². The summed E-state index contributed by atoms with van der Waals surface area (Å²) in [5, 5.41) is 0. The summed E-state index contributed by atoms with van der Waals surface area (Å²) in [6.45, 7) is 8.76. The van der Waals surface area contributed by atoms with Crippen molar-refractivity contribution >= 4 is 0 Å². The molecule has 0 saturated heterocycles. The van der Waals surface area contributed by atoms with E-state index in [1.54, 1.807) is 0 Å². The maximum absolute atomic E-state index is 5.92. The van der Waals surface area contributed by atoms with Gasteiger partial charge in [0.1, 0.15) is 0 Å². The van der Waals surface area contributed by atoms with Crippen LogP contribution in [-0.2, 0) is 0 Å². The number of nitrogens with two attached hydrogens (primary N) is 1. The molecule has 0 aliphatic rings. The number of rotatable bonds is 6. The van der Waals surface area contributed by atoms with Gasteiger partial charge in [0.05, 0.1) is 6.04 Å². The van der Waals surface area contributed by atoms with Crippen molar-refractivity contribution in [1.82, 2.24) is 10.3 Å². The van der Waals surface area contributed by atoms with E-state index in [0.29, 0.717) is 0 Å². The first-order chi connectivity index (χ1) is 8.92. The average molecular weight is 263 g/mol. The summed E-state index contributed by atoms with van der Waals surface area (Å²) in [6, 6.07) is 6.73. The fourth-order valence-corrected chi connectivity index (χ4v) is 3.15. The van der Waals surface area contributed by atoms with E-state index >= 15 is 0 Å². The highest BCUT2D eigenvalue weighted by molar-refractivity contribution is 5.35. The lowest BCUT2D eigenvalue weighted by atomic mass is 9.78. The molecule has 3 nitrogen and oxygen atoms in total. The standard InChI is InChI=1S/C16H29N3/c1-7-16(8-2,19(5)6)15(18-17)14-11-12(3)9-10-13(14)4/h9-11,15,18H,7-8,17H2,1-6H3. The number of likely N-dealkylation sites (N-methyl/N-ethyl adjacent to an activating group) is 1. The van der Waals surface area contributed by atoms with E-state index in [-0.39, 0.29) is 11.6 Å². The van der Waals surface area contributed by atoms with Crippen molar-refractivity contribution in [2.45, 2.75) is 52.1 Å². The minimum absolute atomic E-state index is 0.0350. The van der Waals surface area contributed by atoms with E-state index in [2.05, 4.69) is 70.3 Å². The van der Waals surface area contributed by atoms with Gasteiger partial charge >= 0.3 is 0 Å². The third kappa shape index (κ3) is 2.99. The fraction of sp³-hybridized carbons (Fsp3) is 0.625. The third-order valence-corrected chi connectivity index (χ3v) is 4.56. The van der Waals surface area contributed by atoms with Gasteiger partial charge in [-0.3, -0.25) is 11.3 Å². The molecule has 0 aromatic heterocycles. The van der Waals surface area contributed by atoms with Gasteiger partial charge < -0.3 is 4.90 Å². The van der Waals surface area contributed by atoms with Crippen molar-refractivity contribution in [1.29, 1.82) is 0 Å². The molecule has 108 valence electrons. The highest BCUT2D eigenvalue weighted by Gasteiger charge is 2.38. The average Bonchev–Trinajstić information content (AvgIpc) is 2.39. The van der Waals surface area contributed by atoms with Crippen molar-refractivity contribution in [2.75, 3.05) is 14.1 Å². The lowest BCUT2D eigenvalue weighted by Crippen LogP contribution is -2.54. The maximum atomic E-state index is 5.92. The fourth-order valence-electron chi connectivity index (χ4n) is 3.15. The molecule has 3 N–H and O–H groups in total. The van der Waals surface area contributed by atoms with Crippen LogP contribution in [0, 0.1) is 13.8 Å². The van der Waals surface area contributed by atoms with Crippen LogP contribution in [0.3, 0.4) is 0 Å². The smallest absolute Gasteiger partial charge is 0.0646 e. The number of nitrogens with one attached hydrogen (secondary N) is 1. The molecule has 1 unspecified atom stereocenters. The molecule has 0 radical (unpaired) electrons. The Morgan fingerprint density at radius 3 is 2.21 bits per heavy atom. The Hall–Kier alpha value is -0.900. The Bertz CT molecular complexity index is 408. The zero-order valence-electron chi connectivity index (χ0n) is 13.2. The van der Waals surface area contributed by atoms with Gasteiger partial charge in [0.2, 0.25) is 0 Å². The first kappa shape index (κ1) is 16.2. The van der Waals surface area contributed by atoms with Crippen LogP contribution < -0.4 is 11.3 Å². The molecular formula is C16H29N3. The van der Waals surface area contributed by atoms with Crippen LogP contribution in [0.25, 0.3) is 0 Å². The molecule has 1 aromatic rings. The van der Waals surface area contributed by atoms with E-state index in [0.717, 1.165) is 12.8 Å². The number of aryl methyl sites for hydroxylation is 2. The molecule has 0 heterocycles. The maximum Gasteiger partial charge on any atom is 0.0646 e.